The van der Waals surface area contributed by atoms with E-state index >= 15 is 0 Å². The largest absolute Gasteiger partial charge is 0.492 e. The number of hydrogen-bond acceptors (Lipinski definition) is 4. The van der Waals surface area contributed by atoms with Crippen LogP contribution in [0.4, 0.5) is 5.69 Å². The molecular formula is C22H34N2O3. The minimum atomic E-state index is -0.883. The average molecular weight is 375 g/mol. The summed E-state index contributed by atoms with van der Waals surface area (Å²) in [7, 11) is 1.59. The number of carbonyl (C=O) groups is 1. The third-order valence-corrected chi connectivity index (χ3v) is 4.39. The van der Waals surface area contributed by atoms with E-state index in [2.05, 4.69) is 46.0 Å². The Kier molecular flexibility index (Phi) is 9.31. The quantitative estimate of drug-likeness (QED) is 0.544. The number of anilines is 1. The molecule has 0 spiro atoms. The highest BCUT2D eigenvalue weighted by Crippen LogP contribution is 2.31. The lowest BCUT2D eigenvalue weighted by molar-refractivity contribution is -0.142. The van der Waals surface area contributed by atoms with Gasteiger partial charge in [-0.3, -0.25) is 4.79 Å². The van der Waals surface area contributed by atoms with Crippen molar-refractivity contribution in [3.8, 4) is 11.8 Å². The number of rotatable bonds is 11. The zero-order valence-corrected chi connectivity index (χ0v) is 17.6. The summed E-state index contributed by atoms with van der Waals surface area (Å²) in [6, 6.07) is 7.31. The number of nitrogens with zero attached hydrogens (tertiary/aromatic N) is 1. The fraction of sp³-hybridized carbons (Fsp3) is 0.636. The van der Waals surface area contributed by atoms with Crippen LogP contribution in [0, 0.1) is 23.2 Å². The Morgan fingerprint density at radius 1 is 1.22 bits per heavy atom. The van der Waals surface area contributed by atoms with Gasteiger partial charge >= 0.3 is 0 Å². The molecule has 0 aliphatic heterocycles. The Morgan fingerprint density at radius 3 is 2.33 bits per heavy atom. The van der Waals surface area contributed by atoms with Gasteiger partial charge in [-0.05, 0) is 49.3 Å². The monoisotopic (exact) mass is 374 g/mol. The molecule has 0 radical (unpaired) electrons. The number of carbonyl (C=O) groups excluding carboxylic acids is 1. The van der Waals surface area contributed by atoms with Crippen molar-refractivity contribution in [2.45, 2.75) is 65.9 Å². The summed E-state index contributed by atoms with van der Waals surface area (Å²) in [6.07, 6.45) is 3.23. The van der Waals surface area contributed by atoms with E-state index in [1.165, 1.54) is 0 Å². The standard InChI is InChI=1S/C22H34N2O3/c1-7-8-11-27-20-10-9-19(12-18(20)15-23)24-21(25)22(26-6,13-16(2)3)14-17(4)5/h9-10,12,16-17H,7-8,11,13-14H2,1-6H3,(H,24,25). The van der Waals surface area contributed by atoms with Crippen LogP contribution in [-0.2, 0) is 9.53 Å². The highest BCUT2D eigenvalue weighted by atomic mass is 16.5. The van der Waals surface area contributed by atoms with Gasteiger partial charge in [0.2, 0.25) is 0 Å². The third kappa shape index (κ3) is 6.88. The van der Waals surface area contributed by atoms with Crippen LogP contribution in [0.3, 0.4) is 0 Å². The maximum absolute atomic E-state index is 13.1. The lowest BCUT2D eigenvalue weighted by Gasteiger charge is -2.34. The summed E-state index contributed by atoms with van der Waals surface area (Å²) >= 11 is 0. The number of benzene rings is 1. The van der Waals surface area contributed by atoms with E-state index in [9.17, 15) is 10.1 Å². The van der Waals surface area contributed by atoms with Crippen molar-refractivity contribution in [3.63, 3.8) is 0 Å². The van der Waals surface area contributed by atoms with Crippen LogP contribution < -0.4 is 10.1 Å². The first-order chi connectivity index (χ1) is 12.8. The molecule has 27 heavy (non-hydrogen) atoms. The summed E-state index contributed by atoms with van der Waals surface area (Å²) in [5, 5.41) is 12.4. The maximum Gasteiger partial charge on any atom is 0.256 e. The Hall–Kier alpha value is -2.06. The lowest BCUT2D eigenvalue weighted by Crippen LogP contribution is -2.46. The van der Waals surface area contributed by atoms with Crippen molar-refractivity contribution in [3.05, 3.63) is 23.8 Å². The van der Waals surface area contributed by atoms with Gasteiger partial charge in [-0.2, -0.15) is 5.26 Å². The molecule has 0 heterocycles. The van der Waals surface area contributed by atoms with Gasteiger partial charge in [-0.1, -0.05) is 41.0 Å². The normalized spacial score (nSPS) is 11.5. The summed E-state index contributed by atoms with van der Waals surface area (Å²) in [6.45, 7) is 11.0. The Balaban J connectivity index is 3.02. The first-order valence-electron chi connectivity index (χ1n) is 9.81. The molecule has 0 fully saturated rings. The van der Waals surface area contributed by atoms with Gasteiger partial charge in [0, 0.05) is 12.8 Å². The van der Waals surface area contributed by atoms with Gasteiger partial charge in [0.15, 0.2) is 0 Å². The zero-order valence-electron chi connectivity index (χ0n) is 17.6. The summed E-state index contributed by atoms with van der Waals surface area (Å²) in [5.74, 6) is 1.01. The average Bonchev–Trinajstić information content (AvgIpc) is 2.61. The van der Waals surface area contributed by atoms with E-state index in [1.54, 1.807) is 25.3 Å². The van der Waals surface area contributed by atoms with E-state index in [1.807, 2.05) is 0 Å². The van der Waals surface area contributed by atoms with Gasteiger partial charge in [-0.15, -0.1) is 0 Å². The third-order valence-electron chi connectivity index (χ3n) is 4.39. The van der Waals surface area contributed by atoms with Crippen LogP contribution in [0.15, 0.2) is 18.2 Å². The van der Waals surface area contributed by atoms with E-state index in [-0.39, 0.29) is 5.91 Å². The SMILES string of the molecule is CCCCOc1ccc(NC(=O)C(CC(C)C)(CC(C)C)OC)cc1C#N. The van der Waals surface area contributed by atoms with Crippen LogP contribution in [0.5, 0.6) is 5.75 Å². The molecule has 5 heteroatoms. The van der Waals surface area contributed by atoms with Crippen LogP contribution in [0.2, 0.25) is 0 Å². The Labute approximate surface area is 164 Å². The minimum absolute atomic E-state index is 0.170. The van der Waals surface area contributed by atoms with Gasteiger partial charge in [-0.25, -0.2) is 0 Å². The molecule has 0 unspecified atom stereocenters. The first-order valence-corrected chi connectivity index (χ1v) is 9.81. The number of amides is 1. The number of methoxy groups -OCH3 is 1. The molecule has 5 nitrogen and oxygen atoms in total. The molecule has 0 atom stereocenters. The lowest BCUT2D eigenvalue weighted by atomic mass is 9.84. The number of unbranched alkanes of at least 4 members (excludes halogenated alkanes) is 1. The van der Waals surface area contributed by atoms with Crippen LogP contribution >= 0.6 is 0 Å². The topological polar surface area (TPSA) is 71.3 Å². The van der Waals surface area contributed by atoms with Gasteiger partial charge in [0.25, 0.3) is 5.91 Å². The molecule has 1 aromatic rings. The van der Waals surface area contributed by atoms with E-state index in [4.69, 9.17) is 9.47 Å². The number of hydrogen-bond donors (Lipinski definition) is 1. The van der Waals surface area contributed by atoms with E-state index < -0.39 is 5.60 Å². The van der Waals surface area contributed by atoms with Crippen LogP contribution in [0.25, 0.3) is 0 Å². The predicted molar refractivity (Wildman–Crippen MR) is 109 cm³/mol. The van der Waals surface area contributed by atoms with Crippen molar-refractivity contribution in [2.24, 2.45) is 11.8 Å². The number of nitrogens with one attached hydrogen (secondary N) is 1. The molecule has 1 N–H and O–H groups in total. The predicted octanol–water partition coefficient (Wildman–Crippen LogP) is 5.15. The van der Waals surface area contributed by atoms with E-state index in [0.29, 0.717) is 48.3 Å². The Morgan fingerprint density at radius 2 is 1.85 bits per heavy atom. The fourth-order valence-corrected chi connectivity index (χ4v) is 3.24. The van der Waals surface area contributed by atoms with Crippen LogP contribution in [-0.4, -0.2) is 25.2 Å². The molecule has 0 bridgehead atoms. The highest BCUT2D eigenvalue weighted by Gasteiger charge is 2.39. The summed E-state index contributed by atoms with van der Waals surface area (Å²) in [4.78, 5) is 13.1. The van der Waals surface area contributed by atoms with Gasteiger partial charge < -0.3 is 14.8 Å². The van der Waals surface area contributed by atoms with Crippen molar-refractivity contribution >= 4 is 11.6 Å². The first kappa shape index (κ1) is 23.0. The van der Waals surface area contributed by atoms with Gasteiger partial charge in [0.05, 0.1) is 12.2 Å². The second-order valence-electron chi connectivity index (χ2n) is 7.87. The molecule has 0 aliphatic carbocycles. The van der Waals surface area contributed by atoms with Crippen molar-refractivity contribution in [1.29, 1.82) is 5.26 Å². The zero-order chi connectivity index (χ0) is 20.4. The molecule has 150 valence electrons. The summed E-state index contributed by atoms with van der Waals surface area (Å²) in [5.41, 5.74) is 0.110. The fourth-order valence-electron chi connectivity index (χ4n) is 3.24. The van der Waals surface area contributed by atoms with Crippen LogP contribution in [0.1, 0.15) is 65.9 Å². The number of ether oxygens (including phenoxy) is 2. The summed E-state index contributed by atoms with van der Waals surface area (Å²) < 4.78 is 11.4. The molecule has 0 aromatic heterocycles. The number of nitriles is 1. The molecule has 0 aliphatic rings. The molecule has 1 rings (SSSR count). The molecular weight excluding hydrogens is 340 g/mol. The smallest absolute Gasteiger partial charge is 0.256 e. The van der Waals surface area contributed by atoms with Crippen molar-refractivity contribution in [2.75, 3.05) is 19.0 Å². The highest BCUT2D eigenvalue weighted by molar-refractivity contribution is 5.97. The molecule has 0 saturated carbocycles. The molecule has 1 amide bonds. The molecule has 0 saturated heterocycles. The Bertz CT molecular complexity index is 637. The van der Waals surface area contributed by atoms with E-state index in [0.717, 1.165) is 12.8 Å². The second-order valence-corrected chi connectivity index (χ2v) is 7.87. The molecule has 1 aromatic carbocycles. The second kappa shape index (κ2) is 10.9. The van der Waals surface area contributed by atoms with Crippen molar-refractivity contribution < 1.29 is 14.3 Å². The maximum atomic E-state index is 13.1. The van der Waals surface area contributed by atoms with Gasteiger partial charge in [0.1, 0.15) is 17.4 Å². The van der Waals surface area contributed by atoms with Crippen molar-refractivity contribution in [1.82, 2.24) is 0 Å². The minimum Gasteiger partial charge on any atom is -0.492 e.